The molecule has 4 aromatic rings. The number of imidazole rings is 1. The maximum absolute atomic E-state index is 13.6. The lowest BCUT2D eigenvalue weighted by Gasteiger charge is -2.11. The van der Waals surface area contributed by atoms with Crippen LogP contribution in [0.5, 0.6) is 17.2 Å². The number of carboxylic acids is 1. The number of rotatable bonds is 10. The normalized spacial score (nSPS) is 11.9. The number of fused-ring (bicyclic) bond motifs is 1. The fraction of sp³-hybridized carbons (Fsp3) is 0.240. The Morgan fingerprint density at radius 3 is 2.31 bits per heavy atom. The lowest BCUT2D eigenvalue weighted by Crippen LogP contribution is -2.10. The molecular formula is C25H25N3O9S2. The van der Waals surface area contributed by atoms with Gasteiger partial charge in [-0.25, -0.2) is 26.6 Å². The van der Waals surface area contributed by atoms with E-state index in [1.165, 1.54) is 56.8 Å². The van der Waals surface area contributed by atoms with Crippen molar-refractivity contribution < 1.29 is 40.9 Å². The first-order valence-electron chi connectivity index (χ1n) is 11.4. The zero-order valence-electron chi connectivity index (χ0n) is 21.4. The quantitative estimate of drug-likeness (QED) is 0.284. The minimum atomic E-state index is -4.22. The van der Waals surface area contributed by atoms with E-state index in [0.29, 0.717) is 11.3 Å². The average Bonchev–Trinajstić information content (AvgIpc) is 3.34. The van der Waals surface area contributed by atoms with E-state index in [9.17, 15) is 21.6 Å². The highest BCUT2D eigenvalue weighted by Gasteiger charge is 2.28. The second kappa shape index (κ2) is 10.5. The number of carbonyl (C=O) groups is 1. The van der Waals surface area contributed by atoms with Gasteiger partial charge in [-0.1, -0.05) is 0 Å². The van der Waals surface area contributed by atoms with Crippen LogP contribution in [0.4, 0.5) is 0 Å². The van der Waals surface area contributed by atoms with Crippen LogP contribution in [0.2, 0.25) is 0 Å². The molecule has 0 saturated heterocycles. The molecule has 12 nitrogen and oxygen atoms in total. The van der Waals surface area contributed by atoms with Crippen molar-refractivity contribution >= 4 is 36.7 Å². The van der Waals surface area contributed by atoms with Gasteiger partial charge in [0.25, 0.3) is 0 Å². The highest BCUT2D eigenvalue weighted by molar-refractivity contribution is 7.91. The number of aromatic nitrogens is 3. The van der Waals surface area contributed by atoms with Crippen molar-refractivity contribution in [2.24, 2.45) is 0 Å². The lowest BCUT2D eigenvalue weighted by molar-refractivity contribution is -0.139. The van der Waals surface area contributed by atoms with E-state index in [4.69, 9.17) is 19.3 Å². The van der Waals surface area contributed by atoms with Crippen LogP contribution in [-0.4, -0.2) is 63.7 Å². The Morgan fingerprint density at radius 1 is 1.00 bits per heavy atom. The van der Waals surface area contributed by atoms with Gasteiger partial charge in [-0.05, 0) is 38.1 Å². The second-order valence-corrected chi connectivity index (χ2v) is 12.3. The van der Waals surface area contributed by atoms with Gasteiger partial charge < -0.3 is 24.3 Å². The SMILES string of the molecule is COc1cc(S(=O)(=O)c2ccc(OCC(=O)O)cc2)c2nc(S(=O)(=O)Cc3ncc(C)c(OC)c3C)[nH]c2c1. The third-order valence-corrected chi connectivity index (χ3v) is 9.12. The monoisotopic (exact) mass is 575 g/mol. The van der Waals surface area contributed by atoms with Gasteiger partial charge in [0.05, 0.1) is 30.3 Å². The molecule has 0 unspecified atom stereocenters. The maximum Gasteiger partial charge on any atom is 0.341 e. The van der Waals surface area contributed by atoms with Crippen LogP contribution >= 0.6 is 0 Å². The first kappa shape index (κ1) is 27.9. The molecule has 0 spiro atoms. The number of carboxylic acid groups (broad SMARTS) is 1. The van der Waals surface area contributed by atoms with Crippen LogP contribution < -0.4 is 14.2 Å². The summed E-state index contributed by atoms with van der Waals surface area (Å²) in [5.41, 5.74) is 1.64. The van der Waals surface area contributed by atoms with Gasteiger partial charge >= 0.3 is 5.97 Å². The number of hydrogen-bond donors (Lipinski definition) is 2. The third-order valence-electron chi connectivity index (χ3n) is 5.90. The molecule has 2 N–H and O–H groups in total. The first-order valence-corrected chi connectivity index (χ1v) is 14.5. The molecule has 206 valence electrons. The van der Waals surface area contributed by atoms with E-state index in [2.05, 4.69) is 15.0 Å². The Bertz CT molecular complexity index is 1780. The minimum Gasteiger partial charge on any atom is -0.497 e. The van der Waals surface area contributed by atoms with Gasteiger partial charge in [0.2, 0.25) is 24.8 Å². The smallest absolute Gasteiger partial charge is 0.341 e. The van der Waals surface area contributed by atoms with Crippen molar-refractivity contribution in [3.63, 3.8) is 0 Å². The number of aryl methyl sites for hydroxylation is 1. The molecular weight excluding hydrogens is 550 g/mol. The van der Waals surface area contributed by atoms with E-state index < -0.39 is 43.2 Å². The van der Waals surface area contributed by atoms with Crippen molar-refractivity contribution in [3.8, 4) is 17.2 Å². The van der Waals surface area contributed by atoms with Crippen molar-refractivity contribution in [1.29, 1.82) is 0 Å². The van der Waals surface area contributed by atoms with Crippen LogP contribution in [0.25, 0.3) is 11.0 Å². The number of nitrogens with zero attached hydrogens (tertiary/aromatic N) is 2. The molecule has 0 bridgehead atoms. The van der Waals surface area contributed by atoms with Gasteiger partial charge in [0.1, 0.15) is 33.4 Å². The second-order valence-electron chi connectivity index (χ2n) is 8.53. The Labute approximate surface area is 224 Å². The van der Waals surface area contributed by atoms with Crippen molar-refractivity contribution in [2.75, 3.05) is 20.8 Å². The van der Waals surface area contributed by atoms with Gasteiger partial charge in [-0.2, -0.15) is 0 Å². The molecule has 0 aliphatic carbocycles. The van der Waals surface area contributed by atoms with E-state index in [1.807, 2.05) is 0 Å². The summed E-state index contributed by atoms with van der Waals surface area (Å²) in [5, 5.41) is 8.32. The van der Waals surface area contributed by atoms with Crippen molar-refractivity contribution in [3.05, 3.63) is 59.4 Å². The highest BCUT2D eigenvalue weighted by atomic mass is 32.2. The predicted octanol–water partition coefficient (Wildman–Crippen LogP) is 2.86. The van der Waals surface area contributed by atoms with Gasteiger partial charge in [0, 0.05) is 29.5 Å². The van der Waals surface area contributed by atoms with Crippen molar-refractivity contribution in [2.45, 2.75) is 34.5 Å². The molecule has 14 heteroatoms. The zero-order chi connectivity index (χ0) is 28.5. The molecule has 2 heterocycles. The molecule has 4 rings (SSSR count). The molecule has 0 amide bonds. The Morgan fingerprint density at radius 2 is 1.69 bits per heavy atom. The molecule has 0 saturated carbocycles. The molecule has 0 aliphatic heterocycles. The first-order chi connectivity index (χ1) is 18.4. The van der Waals surface area contributed by atoms with Gasteiger partial charge in [-0.15, -0.1) is 0 Å². The fourth-order valence-corrected chi connectivity index (χ4v) is 6.67. The predicted molar refractivity (Wildman–Crippen MR) is 139 cm³/mol. The number of aromatic amines is 1. The molecule has 0 fully saturated rings. The molecule has 2 aromatic heterocycles. The Balaban J connectivity index is 1.77. The maximum atomic E-state index is 13.6. The summed E-state index contributed by atoms with van der Waals surface area (Å²) >= 11 is 0. The number of methoxy groups -OCH3 is 2. The lowest BCUT2D eigenvalue weighted by atomic mass is 10.1. The standard InChI is InChI=1S/C25H25N3O9S2/c1-14-11-26-20(15(2)24(14)36-4)13-38(31,32)25-27-19-9-17(35-3)10-21(23(19)28-25)39(33,34)18-7-5-16(6-8-18)37-12-22(29)30/h5-11H,12-13H2,1-4H3,(H,27,28)(H,29,30). The minimum absolute atomic E-state index is 0.0910. The van der Waals surface area contributed by atoms with E-state index in [1.54, 1.807) is 13.8 Å². The molecule has 0 aliphatic rings. The topological polar surface area (TPSA) is 175 Å². The number of aliphatic carboxylic acids is 1. The van der Waals surface area contributed by atoms with Crippen LogP contribution in [0, 0.1) is 13.8 Å². The van der Waals surface area contributed by atoms with Gasteiger partial charge in [-0.3, -0.25) is 4.98 Å². The van der Waals surface area contributed by atoms with E-state index in [0.717, 1.165) is 5.56 Å². The number of sulfone groups is 2. The number of hydrogen-bond acceptors (Lipinski definition) is 10. The summed E-state index contributed by atoms with van der Waals surface area (Å²) in [5.74, 6) is -0.820. The van der Waals surface area contributed by atoms with E-state index >= 15 is 0 Å². The fourth-order valence-electron chi connectivity index (χ4n) is 3.96. The third kappa shape index (κ3) is 5.52. The molecule has 2 aromatic carbocycles. The number of H-pyrrole nitrogens is 1. The summed E-state index contributed by atoms with van der Waals surface area (Å²) < 4.78 is 69.5. The number of pyridine rings is 1. The van der Waals surface area contributed by atoms with Crippen LogP contribution in [-0.2, 0) is 30.2 Å². The largest absolute Gasteiger partial charge is 0.497 e. The van der Waals surface area contributed by atoms with Gasteiger partial charge in [0.15, 0.2) is 6.61 Å². The summed E-state index contributed by atoms with van der Waals surface area (Å²) in [6, 6.07) is 7.84. The summed E-state index contributed by atoms with van der Waals surface area (Å²) in [4.78, 5) is 21.4. The average molecular weight is 576 g/mol. The number of benzene rings is 2. The van der Waals surface area contributed by atoms with Crippen LogP contribution in [0.15, 0.2) is 57.5 Å². The van der Waals surface area contributed by atoms with E-state index in [-0.39, 0.29) is 38.0 Å². The molecule has 0 atom stereocenters. The Kier molecular flexibility index (Phi) is 7.52. The number of nitrogens with one attached hydrogen (secondary N) is 1. The summed E-state index contributed by atoms with van der Waals surface area (Å²) in [7, 11) is -5.47. The zero-order valence-corrected chi connectivity index (χ0v) is 23.0. The van der Waals surface area contributed by atoms with Crippen LogP contribution in [0.1, 0.15) is 16.8 Å². The summed E-state index contributed by atoms with van der Waals surface area (Å²) in [6.45, 7) is 2.91. The van der Waals surface area contributed by atoms with Crippen LogP contribution in [0.3, 0.4) is 0 Å². The summed E-state index contributed by atoms with van der Waals surface area (Å²) in [6.07, 6.45) is 1.52. The van der Waals surface area contributed by atoms with Crippen molar-refractivity contribution in [1.82, 2.24) is 15.0 Å². The molecule has 0 radical (unpaired) electrons. The Hall–Kier alpha value is -4.17. The number of ether oxygens (including phenoxy) is 3. The molecule has 39 heavy (non-hydrogen) atoms. The highest BCUT2D eigenvalue weighted by Crippen LogP contribution is 2.33.